The molecule has 0 unspecified atom stereocenters. The summed E-state index contributed by atoms with van der Waals surface area (Å²) in [6.45, 7) is 2.54. The Bertz CT molecular complexity index is 485. The number of hydrogen-bond acceptors (Lipinski definition) is 4. The molecule has 0 aliphatic carbocycles. The van der Waals surface area contributed by atoms with Crippen molar-refractivity contribution < 1.29 is 9.53 Å². The van der Waals surface area contributed by atoms with Crippen molar-refractivity contribution in [3.63, 3.8) is 0 Å². The van der Waals surface area contributed by atoms with Gasteiger partial charge < -0.3 is 10.5 Å². The van der Waals surface area contributed by atoms with Gasteiger partial charge in [0.1, 0.15) is 5.75 Å². The maximum atomic E-state index is 12.2. The number of ether oxygens (including phenoxy) is 1. The molecule has 1 aliphatic heterocycles. The minimum Gasteiger partial charge on any atom is -0.496 e. The number of likely N-dealkylation sites (tertiary alicyclic amines) is 1. The van der Waals surface area contributed by atoms with Crippen LogP contribution in [0.15, 0.2) is 12.1 Å². The van der Waals surface area contributed by atoms with Crippen LogP contribution < -0.4 is 10.5 Å². The largest absolute Gasteiger partial charge is 0.496 e. The standard InChI is InChI=1S/C15H21ClN2O2/c1-20-15-9-14(17)13(16)8-11(15)7-12(19)10-18-5-3-2-4-6-18/h8-9H,2-7,10,17H2,1H3. The molecular weight excluding hydrogens is 276 g/mol. The lowest BCUT2D eigenvalue weighted by atomic mass is 10.1. The van der Waals surface area contributed by atoms with Crippen molar-refractivity contribution in [2.24, 2.45) is 0 Å². The summed E-state index contributed by atoms with van der Waals surface area (Å²) in [6.07, 6.45) is 3.97. The summed E-state index contributed by atoms with van der Waals surface area (Å²) in [5.41, 5.74) is 7.01. The minimum atomic E-state index is 0.186. The number of rotatable bonds is 5. The van der Waals surface area contributed by atoms with Gasteiger partial charge in [0, 0.05) is 18.1 Å². The molecular formula is C15H21ClN2O2. The zero-order valence-electron chi connectivity index (χ0n) is 11.8. The molecule has 0 saturated carbocycles. The number of nitrogens with zero attached hydrogens (tertiary/aromatic N) is 1. The lowest BCUT2D eigenvalue weighted by Crippen LogP contribution is -2.35. The summed E-state index contributed by atoms with van der Waals surface area (Å²) in [5, 5.41) is 0.464. The Labute approximate surface area is 124 Å². The molecule has 0 spiro atoms. The van der Waals surface area contributed by atoms with E-state index in [4.69, 9.17) is 22.1 Å². The third-order valence-electron chi connectivity index (χ3n) is 3.64. The lowest BCUT2D eigenvalue weighted by molar-refractivity contribution is -0.119. The van der Waals surface area contributed by atoms with Gasteiger partial charge in [-0.25, -0.2) is 0 Å². The van der Waals surface area contributed by atoms with Gasteiger partial charge in [-0.15, -0.1) is 0 Å². The molecule has 0 bridgehead atoms. The predicted molar refractivity (Wildman–Crippen MR) is 81.4 cm³/mol. The fourth-order valence-electron chi connectivity index (χ4n) is 2.57. The number of carbonyl (C=O) groups excluding carboxylic acids is 1. The monoisotopic (exact) mass is 296 g/mol. The second-order valence-electron chi connectivity index (χ2n) is 5.24. The third-order valence-corrected chi connectivity index (χ3v) is 3.96. The van der Waals surface area contributed by atoms with Crippen LogP contribution in [-0.2, 0) is 11.2 Å². The van der Waals surface area contributed by atoms with Gasteiger partial charge >= 0.3 is 0 Å². The van der Waals surface area contributed by atoms with Crippen molar-refractivity contribution in [2.45, 2.75) is 25.7 Å². The maximum absolute atomic E-state index is 12.2. The Morgan fingerprint density at radius 2 is 2.05 bits per heavy atom. The number of anilines is 1. The van der Waals surface area contributed by atoms with Crippen LogP contribution in [0.3, 0.4) is 0 Å². The molecule has 0 amide bonds. The molecule has 5 heteroatoms. The van der Waals surface area contributed by atoms with E-state index in [1.807, 2.05) is 0 Å². The topological polar surface area (TPSA) is 55.6 Å². The number of nitrogen functional groups attached to an aromatic ring is 1. The predicted octanol–water partition coefficient (Wildman–Crippen LogP) is 2.53. The Kier molecular flexibility index (Phi) is 5.26. The van der Waals surface area contributed by atoms with E-state index in [-0.39, 0.29) is 5.78 Å². The first kappa shape index (κ1) is 15.1. The first-order valence-electron chi connectivity index (χ1n) is 6.96. The number of benzene rings is 1. The number of nitrogens with two attached hydrogens (primary N) is 1. The summed E-state index contributed by atoms with van der Waals surface area (Å²) in [4.78, 5) is 14.4. The first-order valence-corrected chi connectivity index (χ1v) is 7.34. The van der Waals surface area contributed by atoms with Crippen LogP contribution in [0.4, 0.5) is 5.69 Å². The average Bonchev–Trinajstić information content (AvgIpc) is 2.43. The van der Waals surface area contributed by atoms with Crippen LogP contribution in [0.1, 0.15) is 24.8 Å². The summed E-state index contributed by atoms with van der Waals surface area (Å²) >= 11 is 6.02. The van der Waals surface area contributed by atoms with Crippen molar-refractivity contribution in [2.75, 3.05) is 32.5 Å². The van der Waals surface area contributed by atoms with Crippen LogP contribution in [0.2, 0.25) is 5.02 Å². The van der Waals surface area contributed by atoms with E-state index in [9.17, 15) is 4.79 Å². The number of hydrogen-bond donors (Lipinski definition) is 1. The number of halogens is 1. The molecule has 1 aromatic rings. The van der Waals surface area contributed by atoms with Gasteiger partial charge in [0.2, 0.25) is 0 Å². The first-order chi connectivity index (χ1) is 9.60. The fourth-order valence-corrected chi connectivity index (χ4v) is 2.76. The van der Waals surface area contributed by atoms with E-state index >= 15 is 0 Å². The van der Waals surface area contributed by atoms with Crippen LogP contribution in [0, 0.1) is 0 Å². The molecule has 1 heterocycles. The van der Waals surface area contributed by atoms with Crippen molar-refractivity contribution >= 4 is 23.1 Å². The van der Waals surface area contributed by atoms with E-state index in [1.165, 1.54) is 19.3 Å². The zero-order valence-corrected chi connectivity index (χ0v) is 12.6. The third kappa shape index (κ3) is 3.87. The van der Waals surface area contributed by atoms with Gasteiger partial charge in [-0.3, -0.25) is 9.69 Å². The number of Topliss-reactive ketones (excluding diaryl/α,β-unsaturated/α-hetero) is 1. The summed E-state index contributed by atoms with van der Waals surface area (Å²) in [7, 11) is 1.57. The van der Waals surface area contributed by atoms with Gasteiger partial charge in [-0.1, -0.05) is 18.0 Å². The summed E-state index contributed by atoms with van der Waals surface area (Å²) < 4.78 is 5.27. The second-order valence-corrected chi connectivity index (χ2v) is 5.65. The molecule has 0 radical (unpaired) electrons. The molecule has 1 aliphatic rings. The highest BCUT2D eigenvalue weighted by Crippen LogP contribution is 2.29. The normalized spacial score (nSPS) is 16.1. The number of carbonyl (C=O) groups is 1. The highest BCUT2D eigenvalue weighted by atomic mass is 35.5. The van der Waals surface area contributed by atoms with Gasteiger partial charge in [-0.2, -0.15) is 0 Å². The Morgan fingerprint density at radius 3 is 2.70 bits per heavy atom. The van der Waals surface area contributed by atoms with Crippen molar-refractivity contribution in [1.29, 1.82) is 0 Å². The molecule has 0 aromatic heterocycles. The highest BCUT2D eigenvalue weighted by Gasteiger charge is 2.16. The molecule has 20 heavy (non-hydrogen) atoms. The quantitative estimate of drug-likeness (QED) is 0.848. The Balaban J connectivity index is 2.01. The number of methoxy groups -OCH3 is 1. The number of ketones is 1. The molecule has 4 nitrogen and oxygen atoms in total. The minimum absolute atomic E-state index is 0.186. The van der Waals surface area contributed by atoms with Crippen LogP contribution in [0.25, 0.3) is 0 Å². The molecule has 0 atom stereocenters. The molecule has 110 valence electrons. The Morgan fingerprint density at radius 1 is 1.35 bits per heavy atom. The zero-order chi connectivity index (χ0) is 14.5. The van der Waals surface area contributed by atoms with Crippen LogP contribution in [-0.4, -0.2) is 37.4 Å². The highest BCUT2D eigenvalue weighted by molar-refractivity contribution is 6.33. The van der Waals surface area contributed by atoms with E-state index in [1.54, 1.807) is 19.2 Å². The smallest absolute Gasteiger partial charge is 0.151 e. The Hall–Kier alpha value is -1.26. The van der Waals surface area contributed by atoms with Crippen molar-refractivity contribution in [3.8, 4) is 5.75 Å². The van der Waals surface area contributed by atoms with Gasteiger partial charge in [0.15, 0.2) is 5.78 Å². The van der Waals surface area contributed by atoms with Gasteiger partial charge in [0.05, 0.1) is 24.4 Å². The number of piperidine rings is 1. The fraction of sp³-hybridized carbons (Fsp3) is 0.533. The second kappa shape index (κ2) is 6.95. The molecule has 1 aromatic carbocycles. The van der Waals surface area contributed by atoms with Crippen LogP contribution >= 0.6 is 11.6 Å². The molecule has 1 saturated heterocycles. The SMILES string of the molecule is COc1cc(N)c(Cl)cc1CC(=O)CN1CCCCC1. The average molecular weight is 297 g/mol. The van der Waals surface area contributed by atoms with Gasteiger partial charge in [0.25, 0.3) is 0 Å². The summed E-state index contributed by atoms with van der Waals surface area (Å²) in [6, 6.07) is 3.40. The van der Waals surface area contributed by atoms with E-state index < -0.39 is 0 Å². The maximum Gasteiger partial charge on any atom is 0.151 e. The molecule has 1 fully saturated rings. The molecule has 2 N–H and O–H groups in total. The van der Waals surface area contributed by atoms with Crippen molar-refractivity contribution in [1.82, 2.24) is 4.90 Å². The van der Waals surface area contributed by atoms with E-state index in [0.717, 1.165) is 18.7 Å². The van der Waals surface area contributed by atoms with E-state index in [2.05, 4.69) is 4.90 Å². The van der Waals surface area contributed by atoms with Crippen LogP contribution in [0.5, 0.6) is 5.75 Å². The molecule has 2 rings (SSSR count). The lowest BCUT2D eigenvalue weighted by Gasteiger charge is -2.25. The van der Waals surface area contributed by atoms with E-state index in [0.29, 0.717) is 29.4 Å². The van der Waals surface area contributed by atoms with Gasteiger partial charge in [-0.05, 0) is 32.0 Å². The van der Waals surface area contributed by atoms with Crippen molar-refractivity contribution in [3.05, 3.63) is 22.7 Å². The summed E-state index contributed by atoms with van der Waals surface area (Å²) in [5.74, 6) is 0.810.